The maximum atomic E-state index is 12.7. The van der Waals surface area contributed by atoms with E-state index in [0.29, 0.717) is 0 Å². The van der Waals surface area contributed by atoms with Crippen LogP contribution in [0.5, 0.6) is 0 Å². The first-order valence-electron chi connectivity index (χ1n) is 5.93. The van der Waals surface area contributed by atoms with E-state index in [1.807, 2.05) is 30.3 Å². The number of rotatable bonds is 3. The van der Waals surface area contributed by atoms with Gasteiger partial charge in [-0.05, 0) is 35.9 Å². The zero-order valence-corrected chi connectivity index (χ0v) is 10.6. The predicted octanol–water partition coefficient (Wildman–Crippen LogP) is 3.50. The Balaban J connectivity index is 2.07. The van der Waals surface area contributed by atoms with Crippen LogP contribution in [0.4, 0.5) is 10.1 Å². The Hall–Kier alpha value is -2.42. The molecule has 0 heterocycles. The van der Waals surface area contributed by atoms with Crippen LogP contribution in [0.3, 0.4) is 0 Å². The molecule has 2 aromatic rings. The van der Waals surface area contributed by atoms with Crippen molar-refractivity contribution in [2.45, 2.75) is 0 Å². The zero-order chi connectivity index (χ0) is 13.7. The average Bonchev–Trinajstić information content (AvgIpc) is 2.46. The molecule has 0 aliphatic rings. The van der Waals surface area contributed by atoms with Crippen molar-refractivity contribution >= 4 is 17.7 Å². The number of carbonyl (C=O) groups is 1. The Morgan fingerprint density at radius 3 is 2.32 bits per heavy atom. The molecule has 2 aromatic carbocycles. The largest absolute Gasteiger partial charge is 0.312 e. The van der Waals surface area contributed by atoms with Gasteiger partial charge in [-0.1, -0.05) is 30.3 Å². The molecule has 19 heavy (non-hydrogen) atoms. The first-order chi connectivity index (χ1) is 9.16. The fourth-order valence-corrected chi connectivity index (χ4v) is 1.63. The monoisotopic (exact) mass is 255 g/mol. The van der Waals surface area contributed by atoms with Crippen molar-refractivity contribution in [1.29, 1.82) is 0 Å². The summed E-state index contributed by atoms with van der Waals surface area (Å²) in [6, 6.07) is 15.4. The van der Waals surface area contributed by atoms with Crippen LogP contribution in [-0.4, -0.2) is 13.0 Å². The second kappa shape index (κ2) is 5.96. The molecule has 0 aliphatic heterocycles. The summed E-state index contributed by atoms with van der Waals surface area (Å²) in [7, 11) is 1.71. The molecule has 1 amide bonds. The minimum absolute atomic E-state index is 0.129. The normalized spacial score (nSPS) is 10.6. The third-order valence-corrected chi connectivity index (χ3v) is 2.76. The number of hydrogen-bond donors (Lipinski definition) is 0. The molecule has 0 spiro atoms. The Labute approximate surface area is 111 Å². The van der Waals surface area contributed by atoms with Crippen LogP contribution < -0.4 is 4.90 Å². The third-order valence-electron chi connectivity index (χ3n) is 2.76. The van der Waals surface area contributed by atoms with E-state index < -0.39 is 0 Å². The van der Waals surface area contributed by atoms with Gasteiger partial charge in [0.25, 0.3) is 5.91 Å². The van der Waals surface area contributed by atoms with Crippen LogP contribution in [0, 0.1) is 5.82 Å². The van der Waals surface area contributed by atoms with E-state index in [2.05, 4.69) is 0 Å². The molecule has 0 aromatic heterocycles. The van der Waals surface area contributed by atoms with Crippen molar-refractivity contribution in [2.24, 2.45) is 0 Å². The van der Waals surface area contributed by atoms with Gasteiger partial charge >= 0.3 is 0 Å². The van der Waals surface area contributed by atoms with E-state index >= 15 is 0 Å². The minimum atomic E-state index is -0.287. The topological polar surface area (TPSA) is 20.3 Å². The van der Waals surface area contributed by atoms with Crippen molar-refractivity contribution in [3.05, 3.63) is 72.1 Å². The highest BCUT2D eigenvalue weighted by atomic mass is 19.1. The Kier molecular flexibility index (Phi) is 4.08. The highest BCUT2D eigenvalue weighted by Gasteiger charge is 2.06. The van der Waals surface area contributed by atoms with E-state index in [0.717, 1.165) is 11.3 Å². The van der Waals surface area contributed by atoms with Crippen LogP contribution in [0.2, 0.25) is 0 Å². The number of hydrogen-bond acceptors (Lipinski definition) is 1. The summed E-state index contributed by atoms with van der Waals surface area (Å²) in [6.07, 6.45) is 3.14. The number of likely N-dealkylation sites (N-methyl/N-ethyl adjacent to an activating group) is 1. The lowest BCUT2D eigenvalue weighted by Crippen LogP contribution is -2.23. The standard InChI is InChI=1S/C16H14FNO/c1-18(15-5-3-2-4-6-15)16(19)12-9-13-7-10-14(17)11-8-13/h2-12H,1H3/b12-9-. The summed E-state index contributed by atoms with van der Waals surface area (Å²) in [5.74, 6) is -0.416. The number of benzene rings is 2. The lowest BCUT2D eigenvalue weighted by Gasteiger charge is -2.14. The van der Waals surface area contributed by atoms with E-state index in [1.165, 1.54) is 18.2 Å². The summed E-state index contributed by atoms with van der Waals surface area (Å²) in [4.78, 5) is 13.5. The van der Waals surface area contributed by atoms with Gasteiger partial charge in [0.15, 0.2) is 0 Å². The van der Waals surface area contributed by atoms with Crippen molar-refractivity contribution in [3.63, 3.8) is 0 Å². The Morgan fingerprint density at radius 1 is 1.05 bits per heavy atom. The Bertz CT molecular complexity index is 575. The Morgan fingerprint density at radius 2 is 1.68 bits per heavy atom. The van der Waals surface area contributed by atoms with Crippen LogP contribution in [0.15, 0.2) is 60.7 Å². The molecule has 2 rings (SSSR count). The molecule has 0 saturated carbocycles. The first kappa shape index (κ1) is 13.0. The maximum absolute atomic E-state index is 12.7. The summed E-state index contributed by atoms with van der Waals surface area (Å²) < 4.78 is 12.7. The van der Waals surface area contributed by atoms with Crippen LogP contribution in [0.25, 0.3) is 6.08 Å². The average molecular weight is 255 g/mol. The highest BCUT2D eigenvalue weighted by Crippen LogP contribution is 2.12. The SMILES string of the molecule is CN(C(=O)/C=C\c1ccc(F)cc1)c1ccccc1. The molecule has 2 nitrogen and oxygen atoms in total. The number of nitrogens with zero attached hydrogens (tertiary/aromatic N) is 1. The van der Waals surface area contributed by atoms with Gasteiger partial charge in [-0.15, -0.1) is 0 Å². The second-order valence-electron chi connectivity index (χ2n) is 4.12. The number of halogens is 1. The van der Waals surface area contributed by atoms with Crippen molar-refractivity contribution in [1.82, 2.24) is 0 Å². The van der Waals surface area contributed by atoms with Gasteiger partial charge in [0.2, 0.25) is 0 Å². The molecule has 0 unspecified atom stereocenters. The summed E-state index contributed by atoms with van der Waals surface area (Å²) in [5, 5.41) is 0. The minimum Gasteiger partial charge on any atom is -0.312 e. The predicted molar refractivity (Wildman–Crippen MR) is 75.3 cm³/mol. The van der Waals surface area contributed by atoms with Crippen LogP contribution in [-0.2, 0) is 4.79 Å². The first-order valence-corrected chi connectivity index (χ1v) is 5.93. The van der Waals surface area contributed by atoms with Gasteiger partial charge in [-0.25, -0.2) is 4.39 Å². The van der Waals surface area contributed by atoms with Gasteiger partial charge in [0, 0.05) is 18.8 Å². The molecule has 0 saturated heterocycles. The number of anilines is 1. The quantitative estimate of drug-likeness (QED) is 0.769. The maximum Gasteiger partial charge on any atom is 0.250 e. The smallest absolute Gasteiger partial charge is 0.250 e. The van der Waals surface area contributed by atoms with Gasteiger partial charge in [0.05, 0.1) is 0 Å². The number of carbonyl (C=O) groups excluding carboxylic acids is 1. The van der Waals surface area contributed by atoms with E-state index in [4.69, 9.17) is 0 Å². The fourth-order valence-electron chi connectivity index (χ4n) is 1.63. The summed E-state index contributed by atoms with van der Waals surface area (Å²) >= 11 is 0. The van der Waals surface area contributed by atoms with E-state index in [1.54, 1.807) is 30.2 Å². The second-order valence-corrected chi connectivity index (χ2v) is 4.12. The van der Waals surface area contributed by atoms with Crippen LogP contribution in [0.1, 0.15) is 5.56 Å². The molecule has 96 valence electrons. The molecule has 0 bridgehead atoms. The van der Waals surface area contributed by atoms with Crippen molar-refractivity contribution < 1.29 is 9.18 Å². The highest BCUT2D eigenvalue weighted by molar-refractivity contribution is 6.03. The molecule has 0 atom stereocenters. The zero-order valence-electron chi connectivity index (χ0n) is 10.6. The molecule has 0 N–H and O–H groups in total. The fraction of sp³-hybridized carbons (Fsp3) is 0.0625. The number of para-hydroxylation sites is 1. The number of amides is 1. The van der Waals surface area contributed by atoms with Crippen LogP contribution >= 0.6 is 0 Å². The van der Waals surface area contributed by atoms with Gasteiger partial charge in [0.1, 0.15) is 5.82 Å². The summed E-state index contributed by atoms with van der Waals surface area (Å²) in [5.41, 5.74) is 1.62. The molecule has 0 aliphatic carbocycles. The molecule has 0 radical (unpaired) electrons. The lowest BCUT2D eigenvalue weighted by atomic mass is 10.2. The van der Waals surface area contributed by atoms with Crippen molar-refractivity contribution in [3.8, 4) is 0 Å². The van der Waals surface area contributed by atoms with E-state index in [9.17, 15) is 9.18 Å². The lowest BCUT2D eigenvalue weighted by molar-refractivity contribution is -0.113. The third kappa shape index (κ3) is 3.52. The van der Waals surface area contributed by atoms with E-state index in [-0.39, 0.29) is 11.7 Å². The van der Waals surface area contributed by atoms with Crippen molar-refractivity contribution in [2.75, 3.05) is 11.9 Å². The molecular formula is C16H14FNO. The van der Waals surface area contributed by atoms with Gasteiger partial charge in [-0.3, -0.25) is 4.79 Å². The van der Waals surface area contributed by atoms with Gasteiger partial charge < -0.3 is 4.90 Å². The molecular weight excluding hydrogens is 241 g/mol. The van der Waals surface area contributed by atoms with Gasteiger partial charge in [-0.2, -0.15) is 0 Å². The summed E-state index contributed by atoms with van der Waals surface area (Å²) in [6.45, 7) is 0. The molecule has 3 heteroatoms. The molecule has 0 fully saturated rings.